The van der Waals surface area contributed by atoms with Crippen molar-refractivity contribution in [2.45, 2.75) is 26.9 Å². The third kappa shape index (κ3) is 4.35. The summed E-state index contributed by atoms with van der Waals surface area (Å²) in [5.41, 5.74) is 0.500. The smallest absolute Gasteiger partial charge is 0.347 e. The van der Waals surface area contributed by atoms with Crippen LogP contribution in [0, 0.1) is 0 Å². The molecule has 126 valence electrons. The number of para-hydroxylation sites is 2. The van der Waals surface area contributed by atoms with Gasteiger partial charge in [-0.1, -0.05) is 24.3 Å². The molecule has 0 radical (unpaired) electrons. The van der Waals surface area contributed by atoms with Crippen molar-refractivity contribution in [3.8, 4) is 11.5 Å². The molecule has 0 aliphatic rings. The minimum atomic E-state index is -0.594. The first-order valence-electron chi connectivity index (χ1n) is 7.77. The van der Waals surface area contributed by atoms with E-state index in [0.29, 0.717) is 11.3 Å². The Balaban J connectivity index is 2.27. The number of hydrogen-bond donors (Lipinski definition) is 0. The maximum absolute atomic E-state index is 12.5. The van der Waals surface area contributed by atoms with Crippen LogP contribution in [0.5, 0.6) is 11.5 Å². The first-order valence-corrected chi connectivity index (χ1v) is 7.77. The van der Waals surface area contributed by atoms with E-state index in [1.54, 1.807) is 55.5 Å². The molecule has 5 heteroatoms. The predicted molar refractivity (Wildman–Crippen MR) is 89.6 cm³/mol. The van der Waals surface area contributed by atoms with Crippen LogP contribution in [0.1, 0.15) is 41.5 Å². The van der Waals surface area contributed by atoms with E-state index in [2.05, 4.69) is 0 Å². The van der Waals surface area contributed by atoms with Gasteiger partial charge in [-0.25, -0.2) is 9.59 Å². The monoisotopic (exact) mass is 328 g/mol. The van der Waals surface area contributed by atoms with Crippen LogP contribution in [0.15, 0.2) is 48.5 Å². The second kappa shape index (κ2) is 8.15. The molecule has 0 bridgehead atoms. The number of benzene rings is 2. The molecule has 5 nitrogen and oxygen atoms in total. The summed E-state index contributed by atoms with van der Waals surface area (Å²) in [5, 5.41) is 0. The third-order valence-corrected chi connectivity index (χ3v) is 3.05. The molecule has 0 aliphatic heterocycles. The number of ether oxygens (including phenoxy) is 3. The summed E-state index contributed by atoms with van der Waals surface area (Å²) in [7, 11) is 0. The highest BCUT2D eigenvalue weighted by molar-refractivity contribution is 5.97. The lowest BCUT2D eigenvalue weighted by Crippen LogP contribution is -2.15. The van der Waals surface area contributed by atoms with E-state index >= 15 is 0 Å². The van der Waals surface area contributed by atoms with E-state index in [9.17, 15) is 9.59 Å². The molecule has 0 heterocycles. The number of esters is 2. The normalized spacial score (nSPS) is 10.3. The van der Waals surface area contributed by atoms with E-state index in [1.807, 2.05) is 13.8 Å². The summed E-state index contributed by atoms with van der Waals surface area (Å²) in [6.45, 7) is 5.70. The third-order valence-electron chi connectivity index (χ3n) is 3.05. The molecular weight excluding hydrogens is 308 g/mol. The lowest BCUT2D eigenvalue weighted by molar-refractivity contribution is 0.0520. The van der Waals surface area contributed by atoms with Crippen LogP contribution in [0.2, 0.25) is 0 Å². The minimum Gasteiger partial charge on any atom is -0.490 e. The highest BCUT2D eigenvalue weighted by atomic mass is 16.6. The summed E-state index contributed by atoms with van der Waals surface area (Å²) < 4.78 is 16.0. The molecule has 0 saturated heterocycles. The topological polar surface area (TPSA) is 61.8 Å². The van der Waals surface area contributed by atoms with Crippen LogP contribution in [0.4, 0.5) is 0 Å². The van der Waals surface area contributed by atoms with Crippen molar-refractivity contribution in [1.29, 1.82) is 0 Å². The average molecular weight is 328 g/mol. The Morgan fingerprint density at radius 2 is 1.42 bits per heavy atom. The highest BCUT2D eigenvalue weighted by Gasteiger charge is 2.19. The largest absolute Gasteiger partial charge is 0.490 e. The SMILES string of the molecule is CCOC(=O)c1ccccc1OC(=O)c1ccccc1OC(C)C. The lowest BCUT2D eigenvalue weighted by Gasteiger charge is -2.14. The maximum Gasteiger partial charge on any atom is 0.347 e. The van der Waals surface area contributed by atoms with Crippen LogP contribution in [-0.4, -0.2) is 24.6 Å². The standard InChI is InChI=1S/C19H20O5/c1-4-22-18(20)14-9-5-8-12-17(14)24-19(21)15-10-6-7-11-16(15)23-13(2)3/h5-13H,4H2,1-3H3. The van der Waals surface area contributed by atoms with Crippen molar-refractivity contribution < 1.29 is 23.8 Å². The van der Waals surface area contributed by atoms with Gasteiger partial charge in [-0.2, -0.15) is 0 Å². The van der Waals surface area contributed by atoms with Gasteiger partial charge in [0.25, 0.3) is 0 Å². The first kappa shape index (κ1) is 17.5. The Labute approximate surface area is 141 Å². The van der Waals surface area contributed by atoms with Gasteiger partial charge in [0.1, 0.15) is 22.6 Å². The molecule has 0 aliphatic carbocycles. The van der Waals surface area contributed by atoms with Crippen LogP contribution < -0.4 is 9.47 Å². The van der Waals surface area contributed by atoms with E-state index in [1.165, 1.54) is 0 Å². The number of hydrogen-bond acceptors (Lipinski definition) is 5. The van der Waals surface area contributed by atoms with E-state index in [0.717, 1.165) is 0 Å². The van der Waals surface area contributed by atoms with E-state index in [-0.39, 0.29) is 24.0 Å². The van der Waals surface area contributed by atoms with Crippen molar-refractivity contribution in [3.05, 3.63) is 59.7 Å². The van der Waals surface area contributed by atoms with E-state index in [4.69, 9.17) is 14.2 Å². The predicted octanol–water partition coefficient (Wildman–Crippen LogP) is 3.87. The summed E-state index contributed by atoms with van der Waals surface area (Å²) in [6.07, 6.45) is -0.0780. The summed E-state index contributed by atoms with van der Waals surface area (Å²) in [4.78, 5) is 24.5. The quantitative estimate of drug-likeness (QED) is 0.595. The Hall–Kier alpha value is -2.82. The van der Waals surface area contributed by atoms with Gasteiger partial charge < -0.3 is 14.2 Å². The van der Waals surface area contributed by atoms with Gasteiger partial charge in [-0.05, 0) is 45.0 Å². The molecule has 2 rings (SSSR count). The first-order chi connectivity index (χ1) is 11.5. The molecule has 0 saturated carbocycles. The fourth-order valence-electron chi connectivity index (χ4n) is 2.08. The lowest BCUT2D eigenvalue weighted by atomic mass is 10.2. The van der Waals surface area contributed by atoms with Crippen LogP contribution in [0.3, 0.4) is 0 Å². The second-order valence-electron chi connectivity index (χ2n) is 5.27. The molecule has 24 heavy (non-hydrogen) atoms. The van der Waals surface area contributed by atoms with Crippen LogP contribution >= 0.6 is 0 Å². The maximum atomic E-state index is 12.5. The fourth-order valence-corrected chi connectivity index (χ4v) is 2.08. The Bertz CT molecular complexity index is 721. The summed E-state index contributed by atoms with van der Waals surface area (Å²) in [5.74, 6) is -0.540. The second-order valence-corrected chi connectivity index (χ2v) is 5.27. The van der Waals surface area contributed by atoms with Gasteiger partial charge in [0.2, 0.25) is 0 Å². The van der Waals surface area contributed by atoms with Gasteiger partial charge in [0.15, 0.2) is 0 Å². The van der Waals surface area contributed by atoms with Gasteiger partial charge in [-0.15, -0.1) is 0 Å². The molecule has 2 aromatic rings. The Kier molecular flexibility index (Phi) is 5.95. The zero-order chi connectivity index (χ0) is 17.5. The van der Waals surface area contributed by atoms with Crippen molar-refractivity contribution in [2.75, 3.05) is 6.61 Å². The van der Waals surface area contributed by atoms with Crippen LogP contribution in [0.25, 0.3) is 0 Å². The van der Waals surface area contributed by atoms with Crippen molar-refractivity contribution in [2.24, 2.45) is 0 Å². The number of carbonyl (C=O) groups excluding carboxylic acids is 2. The number of rotatable bonds is 6. The van der Waals surface area contributed by atoms with Gasteiger partial charge >= 0.3 is 11.9 Å². The molecule has 0 amide bonds. The minimum absolute atomic E-state index is 0.0780. The van der Waals surface area contributed by atoms with Crippen molar-refractivity contribution in [1.82, 2.24) is 0 Å². The summed E-state index contributed by atoms with van der Waals surface area (Å²) >= 11 is 0. The van der Waals surface area contributed by atoms with Gasteiger partial charge in [0.05, 0.1) is 12.7 Å². The molecular formula is C19H20O5. The molecule has 0 atom stereocenters. The fraction of sp³-hybridized carbons (Fsp3) is 0.263. The van der Waals surface area contributed by atoms with Gasteiger partial charge in [-0.3, -0.25) is 0 Å². The molecule has 0 fully saturated rings. The molecule has 0 N–H and O–H groups in total. The Morgan fingerprint density at radius 1 is 0.875 bits per heavy atom. The zero-order valence-electron chi connectivity index (χ0n) is 13.9. The van der Waals surface area contributed by atoms with Crippen LogP contribution in [-0.2, 0) is 4.74 Å². The molecule has 0 aromatic heterocycles. The van der Waals surface area contributed by atoms with E-state index < -0.39 is 11.9 Å². The summed E-state index contributed by atoms with van der Waals surface area (Å²) in [6, 6.07) is 13.3. The highest BCUT2D eigenvalue weighted by Crippen LogP contribution is 2.24. The average Bonchev–Trinajstić information content (AvgIpc) is 2.55. The molecule has 0 unspecified atom stereocenters. The zero-order valence-corrected chi connectivity index (χ0v) is 13.9. The molecule has 2 aromatic carbocycles. The van der Waals surface area contributed by atoms with Gasteiger partial charge in [0, 0.05) is 0 Å². The van der Waals surface area contributed by atoms with Crippen molar-refractivity contribution in [3.63, 3.8) is 0 Å². The number of carbonyl (C=O) groups is 2. The molecule has 0 spiro atoms. The Morgan fingerprint density at radius 3 is 2.00 bits per heavy atom. The van der Waals surface area contributed by atoms with Crippen molar-refractivity contribution >= 4 is 11.9 Å².